The molecule has 2 aromatic rings. The Labute approximate surface area is 163 Å². The van der Waals surface area contributed by atoms with Crippen molar-refractivity contribution in [2.45, 2.75) is 32.2 Å². The lowest BCUT2D eigenvalue weighted by Gasteiger charge is -2.28. The number of rotatable bonds is 9. The third kappa shape index (κ3) is 5.47. The van der Waals surface area contributed by atoms with Gasteiger partial charge in [-0.15, -0.1) is 0 Å². The lowest BCUT2D eigenvalue weighted by atomic mass is 9.90. The van der Waals surface area contributed by atoms with Crippen LogP contribution in [0.2, 0.25) is 0 Å². The normalized spacial score (nSPS) is 16.2. The number of ether oxygens (including phenoxy) is 2. The zero-order chi connectivity index (χ0) is 19.1. The fourth-order valence-electron chi connectivity index (χ4n) is 3.37. The molecule has 0 saturated carbocycles. The van der Waals surface area contributed by atoms with Crippen molar-refractivity contribution in [1.82, 2.24) is 10.2 Å². The van der Waals surface area contributed by atoms with Crippen molar-refractivity contribution in [2.24, 2.45) is 0 Å². The summed E-state index contributed by atoms with van der Waals surface area (Å²) >= 11 is 0. The van der Waals surface area contributed by atoms with Crippen LogP contribution < -0.4 is 14.8 Å². The number of nitrogens with one attached hydrogen (secondary N) is 1. The second-order valence-electron chi connectivity index (χ2n) is 7.42. The van der Waals surface area contributed by atoms with Crippen molar-refractivity contribution in [3.05, 3.63) is 59.2 Å². The molecule has 0 fully saturated rings. The Morgan fingerprint density at radius 1 is 1.00 bits per heavy atom. The van der Waals surface area contributed by atoms with Crippen LogP contribution in [0.3, 0.4) is 0 Å². The van der Waals surface area contributed by atoms with Crippen molar-refractivity contribution < 1.29 is 9.47 Å². The molecule has 1 atom stereocenters. The lowest BCUT2D eigenvalue weighted by molar-refractivity contribution is 0.261. The molecular formula is C23H32N2O2. The summed E-state index contributed by atoms with van der Waals surface area (Å²) in [6.45, 7) is 5.59. The van der Waals surface area contributed by atoms with Crippen LogP contribution in [-0.2, 0) is 6.42 Å². The highest BCUT2D eigenvalue weighted by Crippen LogP contribution is 2.32. The van der Waals surface area contributed by atoms with Gasteiger partial charge in [0.25, 0.3) is 0 Å². The maximum Gasteiger partial charge on any atom is 0.119 e. The molecule has 0 aromatic heterocycles. The highest BCUT2D eigenvalue weighted by molar-refractivity contribution is 5.44. The van der Waals surface area contributed by atoms with Crippen LogP contribution in [0, 0.1) is 0 Å². The molecule has 0 bridgehead atoms. The van der Waals surface area contributed by atoms with E-state index in [2.05, 4.69) is 73.7 Å². The number of unbranched alkanes of at least 4 members (excludes halogenated alkanes) is 1. The Morgan fingerprint density at radius 3 is 2.48 bits per heavy atom. The van der Waals surface area contributed by atoms with Crippen LogP contribution in [0.25, 0.3) is 0 Å². The molecule has 1 unspecified atom stereocenters. The summed E-state index contributed by atoms with van der Waals surface area (Å²) in [4.78, 5) is 2.13. The molecule has 0 saturated heterocycles. The summed E-state index contributed by atoms with van der Waals surface area (Å²) in [7, 11) is 4.12. The van der Waals surface area contributed by atoms with Crippen LogP contribution in [0.1, 0.15) is 42.5 Å². The van der Waals surface area contributed by atoms with Crippen LogP contribution in [0.4, 0.5) is 0 Å². The van der Waals surface area contributed by atoms with Gasteiger partial charge in [-0.1, -0.05) is 31.5 Å². The van der Waals surface area contributed by atoms with Gasteiger partial charge in [-0.25, -0.2) is 0 Å². The highest BCUT2D eigenvalue weighted by Gasteiger charge is 2.21. The first kappa shape index (κ1) is 19.7. The van der Waals surface area contributed by atoms with E-state index in [0.717, 1.165) is 50.5 Å². The summed E-state index contributed by atoms with van der Waals surface area (Å²) in [5.41, 5.74) is 4.00. The smallest absolute Gasteiger partial charge is 0.119 e. The van der Waals surface area contributed by atoms with Crippen LogP contribution >= 0.6 is 0 Å². The third-order valence-electron chi connectivity index (χ3n) is 4.96. The van der Waals surface area contributed by atoms with Gasteiger partial charge in [-0.3, -0.25) is 0 Å². The Balaban J connectivity index is 1.68. The number of hydrogen-bond acceptors (Lipinski definition) is 4. The van der Waals surface area contributed by atoms with E-state index in [1.807, 2.05) is 0 Å². The lowest BCUT2D eigenvalue weighted by Crippen LogP contribution is -2.30. The van der Waals surface area contributed by atoms with Crippen molar-refractivity contribution in [3.63, 3.8) is 0 Å². The van der Waals surface area contributed by atoms with Gasteiger partial charge in [0, 0.05) is 13.1 Å². The van der Waals surface area contributed by atoms with Crippen molar-refractivity contribution in [3.8, 4) is 11.5 Å². The van der Waals surface area contributed by atoms with E-state index in [1.54, 1.807) is 0 Å². The number of hydrogen-bond donors (Lipinski definition) is 1. The quantitative estimate of drug-likeness (QED) is 0.677. The van der Waals surface area contributed by atoms with Gasteiger partial charge in [0.1, 0.15) is 18.1 Å². The minimum atomic E-state index is 0.231. The maximum absolute atomic E-state index is 5.91. The van der Waals surface area contributed by atoms with Gasteiger partial charge >= 0.3 is 0 Å². The predicted molar refractivity (Wildman–Crippen MR) is 111 cm³/mol. The van der Waals surface area contributed by atoms with E-state index >= 15 is 0 Å². The summed E-state index contributed by atoms with van der Waals surface area (Å²) in [5.74, 6) is 1.92. The molecule has 4 heteroatoms. The zero-order valence-electron chi connectivity index (χ0n) is 16.8. The maximum atomic E-state index is 5.91. The average molecular weight is 369 g/mol. The fraction of sp³-hybridized carbons (Fsp3) is 0.478. The van der Waals surface area contributed by atoms with Gasteiger partial charge in [0.2, 0.25) is 0 Å². The molecule has 4 nitrogen and oxygen atoms in total. The molecule has 3 rings (SSSR count). The standard InChI is InChI=1S/C23H32N2O2/c1-4-5-15-26-20-8-6-18(7-9-20)23-22-11-10-21(27-16-14-25(2)3)17-19(22)12-13-24-23/h6-11,17,23-24H,4-5,12-16H2,1-3H3. The second kappa shape index (κ2) is 9.77. The molecule has 1 heterocycles. The van der Waals surface area contributed by atoms with E-state index in [4.69, 9.17) is 9.47 Å². The number of nitrogens with zero attached hydrogens (tertiary/aromatic N) is 1. The zero-order valence-corrected chi connectivity index (χ0v) is 16.8. The van der Waals surface area contributed by atoms with E-state index < -0.39 is 0 Å². The summed E-state index contributed by atoms with van der Waals surface area (Å²) in [5, 5.41) is 3.65. The van der Waals surface area contributed by atoms with Gasteiger partial charge in [0.05, 0.1) is 12.6 Å². The SMILES string of the molecule is CCCCOc1ccc(C2NCCc3cc(OCCN(C)C)ccc32)cc1. The molecule has 0 spiro atoms. The van der Waals surface area contributed by atoms with Gasteiger partial charge in [-0.05, 0) is 67.9 Å². The Hall–Kier alpha value is -2.04. The van der Waals surface area contributed by atoms with Crippen LogP contribution in [0.5, 0.6) is 11.5 Å². The minimum Gasteiger partial charge on any atom is -0.494 e. The summed E-state index contributed by atoms with van der Waals surface area (Å²) in [6.07, 6.45) is 3.29. The number of fused-ring (bicyclic) bond motifs is 1. The number of likely N-dealkylation sites (N-methyl/N-ethyl adjacent to an activating group) is 1. The molecule has 0 amide bonds. The minimum absolute atomic E-state index is 0.231. The van der Waals surface area contributed by atoms with Crippen LogP contribution in [0.15, 0.2) is 42.5 Å². The highest BCUT2D eigenvalue weighted by atomic mass is 16.5. The van der Waals surface area contributed by atoms with Gasteiger partial charge in [-0.2, -0.15) is 0 Å². The fourth-order valence-corrected chi connectivity index (χ4v) is 3.37. The van der Waals surface area contributed by atoms with Crippen molar-refractivity contribution in [1.29, 1.82) is 0 Å². The first-order chi connectivity index (χ1) is 13.2. The van der Waals surface area contributed by atoms with E-state index in [9.17, 15) is 0 Å². The Morgan fingerprint density at radius 2 is 1.74 bits per heavy atom. The summed E-state index contributed by atoms with van der Waals surface area (Å²) in [6, 6.07) is 15.3. The van der Waals surface area contributed by atoms with E-state index in [0.29, 0.717) is 6.61 Å². The molecule has 0 aliphatic carbocycles. The predicted octanol–water partition coefficient (Wildman–Crippen LogP) is 4.04. The van der Waals surface area contributed by atoms with E-state index in [-0.39, 0.29) is 6.04 Å². The third-order valence-corrected chi connectivity index (χ3v) is 4.96. The first-order valence-electron chi connectivity index (χ1n) is 10.0. The molecule has 1 aliphatic heterocycles. The molecular weight excluding hydrogens is 336 g/mol. The topological polar surface area (TPSA) is 33.7 Å². The van der Waals surface area contributed by atoms with Gasteiger partial charge in [0.15, 0.2) is 0 Å². The number of benzene rings is 2. The Bertz CT molecular complexity index is 713. The monoisotopic (exact) mass is 368 g/mol. The molecule has 0 radical (unpaired) electrons. The summed E-state index contributed by atoms with van der Waals surface area (Å²) < 4.78 is 11.7. The second-order valence-corrected chi connectivity index (χ2v) is 7.42. The van der Waals surface area contributed by atoms with E-state index in [1.165, 1.54) is 16.7 Å². The average Bonchev–Trinajstić information content (AvgIpc) is 2.68. The molecule has 146 valence electrons. The molecule has 2 aromatic carbocycles. The Kier molecular flexibility index (Phi) is 7.13. The first-order valence-corrected chi connectivity index (χ1v) is 10.0. The van der Waals surface area contributed by atoms with Gasteiger partial charge < -0.3 is 19.7 Å². The largest absolute Gasteiger partial charge is 0.494 e. The molecule has 1 aliphatic rings. The molecule has 27 heavy (non-hydrogen) atoms. The molecule has 1 N–H and O–H groups in total. The van der Waals surface area contributed by atoms with Crippen molar-refractivity contribution >= 4 is 0 Å². The van der Waals surface area contributed by atoms with Crippen molar-refractivity contribution in [2.75, 3.05) is 40.4 Å². The van der Waals surface area contributed by atoms with Crippen LogP contribution in [-0.4, -0.2) is 45.3 Å².